The van der Waals surface area contributed by atoms with Crippen molar-refractivity contribution < 1.29 is 4.57 Å². The Morgan fingerprint density at radius 3 is 2.34 bits per heavy atom. The second-order valence-electron chi connectivity index (χ2n) is 10.9. The zero-order valence-electron chi connectivity index (χ0n) is 20.2. The fraction of sp³-hybridized carbons (Fsp3) is 0.300. The molecule has 2 nitrogen and oxygen atoms in total. The van der Waals surface area contributed by atoms with E-state index in [1.165, 1.54) is 71.3 Å². The first-order chi connectivity index (χ1) is 15.2. The lowest BCUT2D eigenvalue weighted by atomic mass is 9.85. The van der Waals surface area contributed by atoms with Gasteiger partial charge in [0, 0.05) is 16.8 Å². The number of nitrogens with zero attached hydrogens (tertiary/aromatic N) is 2. The summed E-state index contributed by atoms with van der Waals surface area (Å²) in [7, 11) is 2.20. The van der Waals surface area contributed by atoms with Crippen molar-refractivity contribution >= 4 is 49.0 Å². The molecule has 0 radical (unpaired) electrons. The third-order valence-corrected chi connectivity index (χ3v) is 7.31. The van der Waals surface area contributed by atoms with Gasteiger partial charge in [0.1, 0.15) is 7.05 Å². The van der Waals surface area contributed by atoms with Crippen molar-refractivity contribution in [1.29, 1.82) is 0 Å². The number of pyridine rings is 2. The molecule has 0 aliphatic rings. The predicted octanol–water partition coefficient (Wildman–Crippen LogP) is 7.33. The van der Waals surface area contributed by atoms with E-state index in [0.29, 0.717) is 0 Å². The van der Waals surface area contributed by atoms with Gasteiger partial charge in [-0.25, -0.2) is 4.57 Å². The molecule has 0 amide bonds. The van der Waals surface area contributed by atoms with Crippen LogP contribution in [0.25, 0.3) is 49.0 Å². The molecule has 6 aromatic rings. The number of fused-ring (bicyclic) bond motifs is 6. The summed E-state index contributed by atoms with van der Waals surface area (Å²) in [6.07, 6.45) is 3.30. The summed E-state index contributed by atoms with van der Waals surface area (Å²) in [5.41, 5.74) is 11.2. The molecular weight excluding hydrogens is 388 g/mol. The first kappa shape index (κ1) is 19.5. The van der Waals surface area contributed by atoms with Gasteiger partial charge in [-0.1, -0.05) is 45.0 Å². The van der Waals surface area contributed by atoms with Crippen LogP contribution in [0.4, 0.5) is 0 Å². The minimum Gasteiger partial charge on any atom is -0.307 e. The zero-order valence-corrected chi connectivity index (χ0v) is 20.2. The van der Waals surface area contributed by atoms with Gasteiger partial charge in [0.15, 0.2) is 6.20 Å². The molecule has 0 aliphatic heterocycles. The maximum absolute atomic E-state index is 2.57. The number of hydrogen-bond donors (Lipinski definition) is 0. The monoisotopic (exact) mass is 419 g/mol. The van der Waals surface area contributed by atoms with Crippen LogP contribution < -0.4 is 4.57 Å². The molecule has 0 unspecified atom stereocenters. The van der Waals surface area contributed by atoms with Crippen LogP contribution in [0.3, 0.4) is 0 Å². The van der Waals surface area contributed by atoms with Crippen LogP contribution in [0.1, 0.15) is 43.0 Å². The quantitative estimate of drug-likeness (QED) is 0.150. The largest absolute Gasteiger partial charge is 0.307 e. The van der Waals surface area contributed by atoms with Gasteiger partial charge < -0.3 is 4.40 Å². The highest BCUT2D eigenvalue weighted by Crippen LogP contribution is 2.44. The highest BCUT2D eigenvalue weighted by atomic mass is 15.0. The summed E-state index contributed by atoms with van der Waals surface area (Å²) >= 11 is 0. The Bertz CT molecular complexity index is 1710. The third kappa shape index (κ3) is 2.44. The molecule has 160 valence electrons. The maximum Gasteiger partial charge on any atom is 0.224 e. The fourth-order valence-corrected chi connectivity index (χ4v) is 5.99. The van der Waals surface area contributed by atoms with Crippen molar-refractivity contribution in [3.8, 4) is 0 Å². The molecule has 2 heteroatoms. The van der Waals surface area contributed by atoms with Crippen molar-refractivity contribution in [2.24, 2.45) is 12.5 Å². The Balaban J connectivity index is 2.06. The predicted molar refractivity (Wildman–Crippen MR) is 137 cm³/mol. The minimum absolute atomic E-state index is 0.220. The van der Waals surface area contributed by atoms with E-state index < -0.39 is 0 Å². The van der Waals surface area contributed by atoms with Crippen LogP contribution >= 0.6 is 0 Å². The summed E-state index contributed by atoms with van der Waals surface area (Å²) in [5, 5.41) is 6.91. The molecule has 0 aliphatic carbocycles. The van der Waals surface area contributed by atoms with Gasteiger partial charge in [-0.05, 0) is 72.4 Å². The topological polar surface area (TPSA) is 8.29 Å². The highest BCUT2D eigenvalue weighted by Gasteiger charge is 2.27. The molecule has 0 bridgehead atoms. The molecule has 6 rings (SSSR count). The first-order valence-electron chi connectivity index (χ1n) is 11.7. The third-order valence-electron chi connectivity index (χ3n) is 7.31. The van der Waals surface area contributed by atoms with Crippen molar-refractivity contribution in [2.75, 3.05) is 0 Å². The van der Waals surface area contributed by atoms with Crippen LogP contribution in [0.2, 0.25) is 0 Å². The number of aromatic nitrogens is 2. The molecule has 0 fully saturated rings. The maximum atomic E-state index is 2.57. The second kappa shape index (κ2) is 6.22. The summed E-state index contributed by atoms with van der Waals surface area (Å²) < 4.78 is 4.90. The van der Waals surface area contributed by atoms with Gasteiger partial charge in [0.2, 0.25) is 5.52 Å². The van der Waals surface area contributed by atoms with Crippen molar-refractivity contribution in [2.45, 2.75) is 48.0 Å². The Kier molecular flexibility index (Phi) is 3.80. The van der Waals surface area contributed by atoms with E-state index in [9.17, 15) is 0 Å². The summed E-state index contributed by atoms with van der Waals surface area (Å²) in [6, 6.07) is 16.1. The van der Waals surface area contributed by atoms with Crippen LogP contribution in [0.5, 0.6) is 0 Å². The van der Waals surface area contributed by atoms with E-state index in [1.54, 1.807) is 0 Å². The van der Waals surface area contributed by atoms with E-state index in [-0.39, 0.29) is 5.41 Å². The van der Waals surface area contributed by atoms with E-state index in [1.807, 2.05) is 0 Å². The second-order valence-corrected chi connectivity index (χ2v) is 10.9. The number of hydrogen-bond acceptors (Lipinski definition) is 0. The van der Waals surface area contributed by atoms with E-state index in [2.05, 4.69) is 106 Å². The van der Waals surface area contributed by atoms with Crippen molar-refractivity contribution in [3.05, 3.63) is 70.9 Å². The van der Waals surface area contributed by atoms with Gasteiger partial charge in [-0.2, -0.15) is 0 Å². The van der Waals surface area contributed by atoms with Crippen molar-refractivity contribution in [3.63, 3.8) is 0 Å². The number of benzene rings is 3. The Morgan fingerprint density at radius 1 is 0.844 bits per heavy atom. The van der Waals surface area contributed by atoms with Gasteiger partial charge >= 0.3 is 0 Å². The molecule has 0 N–H and O–H groups in total. The van der Waals surface area contributed by atoms with E-state index in [4.69, 9.17) is 0 Å². The van der Waals surface area contributed by atoms with Gasteiger partial charge in [0.25, 0.3) is 0 Å². The molecule has 3 aromatic carbocycles. The van der Waals surface area contributed by atoms with Crippen molar-refractivity contribution in [1.82, 2.24) is 4.40 Å². The van der Waals surface area contributed by atoms with Gasteiger partial charge in [-0.3, -0.25) is 0 Å². The summed E-state index contributed by atoms with van der Waals surface area (Å²) in [4.78, 5) is 0. The van der Waals surface area contributed by atoms with Crippen LogP contribution in [-0.2, 0) is 13.5 Å². The molecule has 0 spiro atoms. The highest BCUT2D eigenvalue weighted by molar-refractivity contribution is 6.28. The van der Waals surface area contributed by atoms with Gasteiger partial charge in [0.05, 0.1) is 27.3 Å². The molecule has 0 saturated heterocycles. The Morgan fingerprint density at radius 2 is 1.59 bits per heavy atom. The molecule has 0 saturated carbocycles. The lowest BCUT2D eigenvalue weighted by molar-refractivity contribution is -0.643. The average Bonchev–Trinajstić information content (AvgIpc) is 3.07. The van der Waals surface area contributed by atoms with E-state index in [0.717, 1.165) is 6.42 Å². The Hall–Kier alpha value is -3.13. The summed E-state index contributed by atoms with van der Waals surface area (Å²) in [6.45, 7) is 13.8. The SMILES string of the molecule is Cc1cc(C)c2c(c1C)c1c3c(cc[n+]1C)cc(CC(C)(C)C)c1c4ccccc4n2c13. The van der Waals surface area contributed by atoms with E-state index >= 15 is 0 Å². The van der Waals surface area contributed by atoms with Crippen LogP contribution in [0, 0.1) is 26.2 Å². The lowest BCUT2D eigenvalue weighted by Gasteiger charge is -2.21. The molecule has 0 atom stereocenters. The van der Waals surface area contributed by atoms with Crippen LogP contribution in [-0.4, -0.2) is 4.40 Å². The number of aryl methyl sites for hydroxylation is 4. The summed E-state index contributed by atoms with van der Waals surface area (Å²) in [5.74, 6) is 0. The lowest BCUT2D eigenvalue weighted by Crippen LogP contribution is -2.29. The van der Waals surface area contributed by atoms with Gasteiger partial charge in [-0.15, -0.1) is 0 Å². The standard InChI is InChI=1S/C30H31N2/c1-17-14-18(2)27-24(19(17)3)28-26-20(12-13-31(28)7)15-21(16-30(4,5)6)25-22-10-8-9-11-23(22)32(27)29(25)26/h8-15H,16H2,1-7H3/q+1. The zero-order chi connectivity index (χ0) is 22.5. The fourth-order valence-electron chi connectivity index (χ4n) is 5.99. The molecule has 3 heterocycles. The molecular formula is C30H31N2+. The average molecular weight is 420 g/mol. The smallest absolute Gasteiger partial charge is 0.224 e. The minimum atomic E-state index is 0.220. The number of para-hydroxylation sites is 1. The van der Waals surface area contributed by atoms with Crippen LogP contribution in [0.15, 0.2) is 48.7 Å². The first-order valence-corrected chi connectivity index (χ1v) is 11.7. The normalized spacial score (nSPS) is 13.0. The Labute approximate surface area is 189 Å². The number of rotatable bonds is 1. The molecule has 3 aromatic heterocycles. The molecule has 32 heavy (non-hydrogen) atoms.